The molecular formula is C20H24ClN3O2. The Balaban J connectivity index is 1.66. The maximum atomic E-state index is 12.9. The third-order valence-corrected chi connectivity index (χ3v) is 5.19. The summed E-state index contributed by atoms with van der Waals surface area (Å²) in [4.78, 5) is 17.1. The SMILES string of the molecule is COc1cc(N)c(Cl)cc1C(=O)N1CCN(Cc2ccccc2C)CC1. The monoisotopic (exact) mass is 373 g/mol. The number of rotatable bonds is 4. The second-order valence-electron chi connectivity index (χ2n) is 6.57. The zero-order valence-corrected chi connectivity index (χ0v) is 15.9. The van der Waals surface area contributed by atoms with Gasteiger partial charge in [-0.25, -0.2) is 0 Å². The molecule has 0 unspecified atom stereocenters. The molecule has 138 valence electrons. The van der Waals surface area contributed by atoms with E-state index in [-0.39, 0.29) is 5.91 Å². The van der Waals surface area contributed by atoms with Crippen molar-refractivity contribution in [1.82, 2.24) is 9.80 Å². The Labute approximate surface area is 159 Å². The van der Waals surface area contributed by atoms with Crippen molar-refractivity contribution in [1.29, 1.82) is 0 Å². The number of ether oxygens (including phenoxy) is 1. The number of nitrogens with zero attached hydrogens (tertiary/aromatic N) is 2. The van der Waals surface area contributed by atoms with Crippen LogP contribution < -0.4 is 10.5 Å². The fourth-order valence-corrected chi connectivity index (χ4v) is 3.38. The molecule has 1 saturated heterocycles. The number of piperazine rings is 1. The topological polar surface area (TPSA) is 58.8 Å². The second kappa shape index (κ2) is 7.98. The number of anilines is 1. The molecule has 2 N–H and O–H groups in total. The van der Waals surface area contributed by atoms with Crippen LogP contribution in [0.4, 0.5) is 5.69 Å². The molecule has 3 rings (SSSR count). The number of methoxy groups -OCH3 is 1. The van der Waals surface area contributed by atoms with Crippen LogP contribution >= 0.6 is 11.6 Å². The molecule has 0 aliphatic carbocycles. The lowest BCUT2D eigenvalue weighted by Gasteiger charge is -2.35. The molecule has 0 atom stereocenters. The third kappa shape index (κ3) is 3.94. The molecule has 1 heterocycles. The summed E-state index contributed by atoms with van der Waals surface area (Å²) in [5, 5.41) is 0.368. The van der Waals surface area contributed by atoms with Gasteiger partial charge in [0.2, 0.25) is 0 Å². The Hall–Kier alpha value is -2.24. The van der Waals surface area contributed by atoms with Gasteiger partial charge in [-0.1, -0.05) is 35.9 Å². The Morgan fingerprint density at radius 1 is 1.19 bits per heavy atom. The van der Waals surface area contributed by atoms with E-state index in [9.17, 15) is 4.79 Å². The van der Waals surface area contributed by atoms with Crippen LogP contribution in [0.25, 0.3) is 0 Å². The van der Waals surface area contributed by atoms with Crippen LogP contribution in [0.5, 0.6) is 5.75 Å². The van der Waals surface area contributed by atoms with E-state index < -0.39 is 0 Å². The van der Waals surface area contributed by atoms with Crippen LogP contribution in [0.1, 0.15) is 21.5 Å². The normalized spacial score (nSPS) is 15.1. The maximum absolute atomic E-state index is 12.9. The fourth-order valence-electron chi connectivity index (χ4n) is 3.21. The standard InChI is InChI=1S/C20H24ClN3O2/c1-14-5-3-4-6-15(14)13-23-7-9-24(10-8-23)20(25)16-11-17(21)18(22)12-19(16)26-2/h3-6,11-12H,7-10,13,22H2,1-2H3. The zero-order chi connectivity index (χ0) is 18.7. The molecule has 0 saturated carbocycles. The molecular weight excluding hydrogens is 350 g/mol. The molecule has 0 bridgehead atoms. The molecule has 2 aromatic rings. The number of nitrogens with two attached hydrogens (primary N) is 1. The molecule has 26 heavy (non-hydrogen) atoms. The number of halogens is 1. The molecule has 1 fully saturated rings. The van der Waals surface area contributed by atoms with Crippen LogP contribution in [0, 0.1) is 6.92 Å². The first-order valence-electron chi connectivity index (χ1n) is 8.68. The fraction of sp³-hybridized carbons (Fsp3) is 0.350. The number of hydrogen-bond donors (Lipinski definition) is 1. The Kier molecular flexibility index (Phi) is 5.69. The largest absolute Gasteiger partial charge is 0.496 e. The first kappa shape index (κ1) is 18.5. The van der Waals surface area contributed by atoms with Crippen LogP contribution in [0.2, 0.25) is 5.02 Å². The van der Waals surface area contributed by atoms with Gasteiger partial charge < -0.3 is 15.4 Å². The lowest BCUT2D eigenvalue weighted by atomic mass is 10.1. The molecule has 0 aromatic heterocycles. The first-order chi connectivity index (χ1) is 12.5. The van der Waals surface area contributed by atoms with Gasteiger partial charge in [0.1, 0.15) is 5.75 Å². The number of nitrogen functional groups attached to an aromatic ring is 1. The van der Waals surface area contributed by atoms with E-state index in [1.54, 1.807) is 12.1 Å². The lowest BCUT2D eigenvalue weighted by molar-refractivity contribution is 0.0625. The highest BCUT2D eigenvalue weighted by molar-refractivity contribution is 6.33. The second-order valence-corrected chi connectivity index (χ2v) is 6.98. The summed E-state index contributed by atoms with van der Waals surface area (Å²) in [5.41, 5.74) is 9.30. The van der Waals surface area contributed by atoms with E-state index in [0.717, 1.165) is 19.6 Å². The molecule has 0 radical (unpaired) electrons. The average molecular weight is 374 g/mol. The molecule has 2 aromatic carbocycles. The van der Waals surface area contributed by atoms with E-state index in [0.29, 0.717) is 35.1 Å². The minimum atomic E-state index is -0.0701. The van der Waals surface area contributed by atoms with Crippen LogP contribution in [0.15, 0.2) is 36.4 Å². The Morgan fingerprint density at radius 3 is 2.54 bits per heavy atom. The summed E-state index contributed by atoms with van der Waals surface area (Å²) in [7, 11) is 1.53. The molecule has 1 aliphatic rings. The average Bonchev–Trinajstić information content (AvgIpc) is 2.65. The van der Waals surface area contributed by atoms with Gasteiger partial charge in [-0.2, -0.15) is 0 Å². The smallest absolute Gasteiger partial charge is 0.257 e. The quantitative estimate of drug-likeness (QED) is 0.836. The Morgan fingerprint density at radius 2 is 1.88 bits per heavy atom. The summed E-state index contributed by atoms with van der Waals surface area (Å²) in [6.45, 7) is 6.07. The van der Waals surface area contributed by atoms with Crippen molar-refractivity contribution in [3.05, 3.63) is 58.1 Å². The zero-order valence-electron chi connectivity index (χ0n) is 15.2. The predicted molar refractivity (Wildman–Crippen MR) is 105 cm³/mol. The van der Waals surface area contributed by atoms with Crippen LogP contribution in [0.3, 0.4) is 0 Å². The van der Waals surface area contributed by atoms with Gasteiger partial charge in [0.25, 0.3) is 5.91 Å². The van der Waals surface area contributed by atoms with E-state index in [2.05, 4.69) is 36.1 Å². The number of hydrogen-bond acceptors (Lipinski definition) is 4. The predicted octanol–water partition coefficient (Wildman–Crippen LogP) is 3.20. The van der Waals surface area contributed by atoms with Crippen molar-refractivity contribution in [2.45, 2.75) is 13.5 Å². The van der Waals surface area contributed by atoms with Crippen molar-refractivity contribution >= 4 is 23.2 Å². The minimum absolute atomic E-state index is 0.0701. The molecule has 0 spiro atoms. The number of carbonyl (C=O) groups excluding carboxylic acids is 1. The van der Waals surface area contributed by atoms with Crippen molar-refractivity contribution in [3.8, 4) is 5.75 Å². The van der Waals surface area contributed by atoms with E-state index in [1.165, 1.54) is 18.2 Å². The van der Waals surface area contributed by atoms with Gasteiger partial charge in [-0.05, 0) is 24.1 Å². The van der Waals surface area contributed by atoms with E-state index >= 15 is 0 Å². The molecule has 1 amide bonds. The van der Waals surface area contributed by atoms with Gasteiger partial charge in [-0.15, -0.1) is 0 Å². The van der Waals surface area contributed by atoms with Gasteiger partial charge in [-0.3, -0.25) is 9.69 Å². The highest BCUT2D eigenvalue weighted by Gasteiger charge is 2.25. The summed E-state index contributed by atoms with van der Waals surface area (Å²) >= 11 is 6.09. The Bertz CT molecular complexity index is 802. The van der Waals surface area contributed by atoms with Gasteiger partial charge >= 0.3 is 0 Å². The van der Waals surface area contributed by atoms with Gasteiger partial charge in [0, 0.05) is 38.8 Å². The highest BCUT2D eigenvalue weighted by atomic mass is 35.5. The van der Waals surface area contributed by atoms with Gasteiger partial charge in [0.05, 0.1) is 23.4 Å². The van der Waals surface area contributed by atoms with E-state index in [1.807, 2.05) is 4.90 Å². The van der Waals surface area contributed by atoms with E-state index in [4.69, 9.17) is 22.1 Å². The van der Waals surface area contributed by atoms with Crippen molar-refractivity contribution in [2.24, 2.45) is 0 Å². The molecule has 6 heteroatoms. The molecule has 1 aliphatic heterocycles. The summed E-state index contributed by atoms with van der Waals surface area (Å²) in [6, 6.07) is 11.6. The summed E-state index contributed by atoms with van der Waals surface area (Å²) in [6.07, 6.45) is 0. The summed E-state index contributed by atoms with van der Waals surface area (Å²) < 4.78 is 5.31. The van der Waals surface area contributed by atoms with Crippen molar-refractivity contribution < 1.29 is 9.53 Å². The third-order valence-electron chi connectivity index (χ3n) is 4.86. The van der Waals surface area contributed by atoms with Crippen LogP contribution in [-0.2, 0) is 6.54 Å². The van der Waals surface area contributed by atoms with Crippen LogP contribution in [-0.4, -0.2) is 49.0 Å². The maximum Gasteiger partial charge on any atom is 0.257 e. The van der Waals surface area contributed by atoms with Crippen molar-refractivity contribution in [3.63, 3.8) is 0 Å². The summed E-state index contributed by atoms with van der Waals surface area (Å²) in [5.74, 6) is 0.388. The first-order valence-corrected chi connectivity index (χ1v) is 9.06. The molecule has 5 nitrogen and oxygen atoms in total. The number of carbonyl (C=O) groups is 1. The highest BCUT2D eigenvalue weighted by Crippen LogP contribution is 2.30. The van der Waals surface area contributed by atoms with Crippen molar-refractivity contribution in [2.75, 3.05) is 39.0 Å². The van der Waals surface area contributed by atoms with Gasteiger partial charge in [0.15, 0.2) is 0 Å². The number of amides is 1. The lowest BCUT2D eigenvalue weighted by Crippen LogP contribution is -2.48. The number of benzene rings is 2. The minimum Gasteiger partial charge on any atom is -0.496 e. The number of aryl methyl sites for hydroxylation is 1.